The lowest BCUT2D eigenvalue weighted by Crippen LogP contribution is -2.28. The van der Waals surface area contributed by atoms with Crippen LogP contribution < -0.4 is 10.1 Å². The molecule has 1 aliphatic heterocycles. The van der Waals surface area contributed by atoms with Gasteiger partial charge in [-0.2, -0.15) is 4.31 Å². The predicted octanol–water partition coefficient (Wildman–Crippen LogP) is 3.43. The molecule has 0 bridgehead atoms. The van der Waals surface area contributed by atoms with Crippen LogP contribution in [-0.2, 0) is 10.0 Å². The summed E-state index contributed by atoms with van der Waals surface area (Å²) in [6.45, 7) is 5.04. The van der Waals surface area contributed by atoms with Crippen molar-refractivity contribution in [3.63, 3.8) is 0 Å². The number of sulfonamides is 1. The van der Waals surface area contributed by atoms with Gasteiger partial charge >= 0.3 is 0 Å². The van der Waals surface area contributed by atoms with E-state index in [1.54, 1.807) is 31.2 Å². The number of ether oxygens (including phenoxy) is 1. The summed E-state index contributed by atoms with van der Waals surface area (Å²) in [5, 5.41) is 2.79. The number of carbonyl (C=O) groups is 1. The fourth-order valence-corrected chi connectivity index (χ4v) is 4.83. The fourth-order valence-electron chi connectivity index (χ4n) is 3.16. The molecule has 7 heteroatoms. The van der Waals surface area contributed by atoms with Crippen molar-refractivity contribution in [2.75, 3.05) is 25.0 Å². The largest absolute Gasteiger partial charge is 0.492 e. The molecule has 1 amide bonds. The van der Waals surface area contributed by atoms with Gasteiger partial charge in [0, 0.05) is 24.3 Å². The van der Waals surface area contributed by atoms with Crippen molar-refractivity contribution in [1.82, 2.24) is 4.31 Å². The summed E-state index contributed by atoms with van der Waals surface area (Å²) in [7, 11) is -3.67. The van der Waals surface area contributed by atoms with Crippen LogP contribution in [0, 0.1) is 6.92 Å². The van der Waals surface area contributed by atoms with Crippen molar-refractivity contribution in [3.05, 3.63) is 53.6 Å². The average molecular weight is 388 g/mol. The summed E-state index contributed by atoms with van der Waals surface area (Å²) in [4.78, 5) is 12.7. The molecule has 3 rings (SSSR count). The minimum Gasteiger partial charge on any atom is -0.492 e. The van der Waals surface area contributed by atoms with Crippen LogP contribution in [0.5, 0.6) is 5.75 Å². The SMILES string of the molecule is CCOc1ccc(NC(=O)c2ccccc2C)cc1S(=O)(=O)N1CCCC1. The number of nitrogens with zero attached hydrogens (tertiary/aromatic N) is 1. The van der Waals surface area contributed by atoms with Crippen molar-refractivity contribution in [3.8, 4) is 5.75 Å². The molecule has 1 heterocycles. The Morgan fingerprint density at radius 2 is 1.85 bits per heavy atom. The molecule has 0 atom stereocenters. The maximum atomic E-state index is 13.0. The van der Waals surface area contributed by atoms with Crippen LogP contribution in [0.2, 0.25) is 0 Å². The van der Waals surface area contributed by atoms with Crippen LogP contribution in [0.3, 0.4) is 0 Å². The molecule has 0 aliphatic carbocycles. The molecule has 0 spiro atoms. The molecule has 0 aromatic heterocycles. The predicted molar refractivity (Wildman–Crippen MR) is 105 cm³/mol. The highest BCUT2D eigenvalue weighted by atomic mass is 32.2. The Kier molecular flexibility index (Phi) is 5.82. The van der Waals surface area contributed by atoms with E-state index in [9.17, 15) is 13.2 Å². The minimum atomic E-state index is -3.67. The summed E-state index contributed by atoms with van der Waals surface area (Å²) >= 11 is 0. The number of anilines is 1. The molecule has 2 aromatic rings. The first kappa shape index (κ1) is 19.4. The molecule has 1 saturated heterocycles. The van der Waals surface area contributed by atoms with Gasteiger partial charge in [-0.15, -0.1) is 0 Å². The van der Waals surface area contributed by atoms with Crippen LogP contribution >= 0.6 is 0 Å². The Morgan fingerprint density at radius 3 is 2.52 bits per heavy atom. The normalized spacial score (nSPS) is 14.9. The quantitative estimate of drug-likeness (QED) is 0.823. The molecule has 1 aliphatic rings. The van der Waals surface area contributed by atoms with Crippen LogP contribution in [0.1, 0.15) is 35.7 Å². The zero-order valence-electron chi connectivity index (χ0n) is 15.6. The molecule has 0 unspecified atom stereocenters. The van der Waals surface area contributed by atoms with Crippen LogP contribution in [-0.4, -0.2) is 38.3 Å². The number of nitrogens with one attached hydrogen (secondary N) is 1. The first-order valence-corrected chi connectivity index (χ1v) is 10.5. The highest BCUT2D eigenvalue weighted by Gasteiger charge is 2.30. The highest BCUT2D eigenvalue weighted by Crippen LogP contribution is 2.31. The number of amides is 1. The van der Waals surface area contributed by atoms with E-state index in [0.717, 1.165) is 18.4 Å². The third kappa shape index (κ3) is 4.14. The Labute approximate surface area is 160 Å². The standard InChI is InChI=1S/C20H24N2O4S/c1-3-26-18-11-10-16(21-20(23)17-9-5-4-8-15(17)2)14-19(18)27(24,25)22-12-6-7-13-22/h4-5,8-11,14H,3,6-7,12-13H2,1-2H3,(H,21,23). The summed E-state index contributed by atoms with van der Waals surface area (Å²) in [5.74, 6) is 0.0278. The van der Waals surface area contributed by atoms with Gasteiger partial charge < -0.3 is 10.1 Å². The monoisotopic (exact) mass is 388 g/mol. The van der Waals surface area contributed by atoms with Gasteiger partial charge in [0.05, 0.1) is 6.61 Å². The molecule has 2 aromatic carbocycles. The van der Waals surface area contributed by atoms with Crippen LogP contribution in [0.15, 0.2) is 47.4 Å². The van der Waals surface area contributed by atoms with E-state index in [0.29, 0.717) is 36.7 Å². The van der Waals surface area contributed by atoms with Gasteiger partial charge in [0.15, 0.2) is 0 Å². The van der Waals surface area contributed by atoms with Gasteiger partial charge in [-0.05, 0) is 56.5 Å². The van der Waals surface area contributed by atoms with Crippen molar-refractivity contribution in [2.24, 2.45) is 0 Å². The zero-order valence-corrected chi connectivity index (χ0v) is 16.4. The average Bonchev–Trinajstić information content (AvgIpc) is 3.19. The minimum absolute atomic E-state index is 0.0915. The van der Waals surface area contributed by atoms with Crippen molar-refractivity contribution in [2.45, 2.75) is 31.6 Å². The maximum absolute atomic E-state index is 13.0. The van der Waals surface area contributed by atoms with Crippen LogP contribution in [0.4, 0.5) is 5.69 Å². The number of hydrogen-bond donors (Lipinski definition) is 1. The topological polar surface area (TPSA) is 75.7 Å². The first-order chi connectivity index (χ1) is 12.9. The summed E-state index contributed by atoms with van der Waals surface area (Å²) in [5.41, 5.74) is 1.82. The van der Waals surface area contributed by atoms with E-state index in [4.69, 9.17) is 4.74 Å². The van der Waals surface area contributed by atoms with E-state index in [1.165, 1.54) is 10.4 Å². The third-order valence-corrected chi connectivity index (χ3v) is 6.49. The second-order valence-electron chi connectivity index (χ2n) is 6.47. The number of aryl methyl sites for hydroxylation is 1. The number of benzene rings is 2. The lowest BCUT2D eigenvalue weighted by molar-refractivity contribution is 0.102. The van der Waals surface area contributed by atoms with Gasteiger partial charge in [-0.1, -0.05) is 18.2 Å². The third-order valence-electron chi connectivity index (χ3n) is 4.57. The summed E-state index contributed by atoms with van der Waals surface area (Å²) in [6, 6.07) is 12.0. The lowest BCUT2D eigenvalue weighted by atomic mass is 10.1. The molecule has 6 nitrogen and oxygen atoms in total. The molecule has 144 valence electrons. The van der Waals surface area contributed by atoms with E-state index in [2.05, 4.69) is 5.32 Å². The van der Waals surface area contributed by atoms with E-state index in [1.807, 2.05) is 19.1 Å². The number of carbonyl (C=O) groups excluding carboxylic acids is 1. The molecule has 1 N–H and O–H groups in total. The highest BCUT2D eigenvalue weighted by molar-refractivity contribution is 7.89. The second kappa shape index (κ2) is 8.10. The Hall–Kier alpha value is -2.38. The van der Waals surface area contributed by atoms with Gasteiger partial charge in [0.1, 0.15) is 10.6 Å². The van der Waals surface area contributed by atoms with Gasteiger partial charge in [-0.25, -0.2) is 8.42 Å². The number of rotatable bonds is 6. The lowest BCUT2D eigenvalue weighted by Gasteiger charge is -2.19. The van der Waals surface area contributed by atoms with Crippen molar-refractivity contribution in [1.29, 1.82) is 0 Å². The molecule has 0 saturated carbocycles. The molecule has 0 radical (unpaired) electrons. The van der Waals surface area contributed by atoms with Crippen molar-refractivity contribution >= 4 is 21.6 Å². The summed E-state index contributed by atoms with van der Waals surface area (Å²) < 4.78 is 33.0. The first-order valence-electron chi connectivity index (χ1n) is 9.07. The van der Waals surface area contributed by atoms with Gasteiger partial charge in [0.2, 0.25) is 10.0 Å². The zero-order chi connectivity index (χ0) is 19.4. The van der Waals surface area contributed by atoms with Crippen molar-refractivity contribution < 1.29 is 17.9 Å². The number of hydrogen-bond acceptors (Lipinski definition) is 4. The second-order valence-corrected chi connectivity index (χ2v) is 8.38. The smallest absolute Gasteiger partial charge is 0.255 e. The molecular weight excluding hydrogens is 364 g/mol. The molecule has 1 fully saturated rings. The molecular formula is C20H24N2O4S. The Balaban J connectivity index is 1.94. The van der Waals surface area contributed by atoms with Crippen LogP contribution in [0.25, 0.3) is 0 Å². The van der Waals surface area contributed by atoms with Gasteiger partial charge in [-0.3, -0.25) is 4.79 Å². The van der Waals surface area contributed by atoms with E-state index < -0.39 is 10.0 Å². The fraction of sp³-hybridized carbons (Fsp3) is 0.350. The molecule has 27 heavy (non-hydrogen) atoms. The Bertz CT molecular complexity index is 935. The summed E-state index contributed by atoms with van der Waals surface area (Å²) in [6.07, 6.45) is 1.71. The maximum Gasteiger partial charge on any atom is 0.255 e. The van der Waals surface area contributed by atoms with E-state index in [-0.39, 0.29) is 10.8 Å². The van der Waals surface area contributed by atoms with Gasteiger partial charge in [0.25, 0.3) is 5.91 Å². The Morgan fingerprint density at radius 1 is 1.15 bits per heavy atom. The van der Waals surface area contributed by atoms with E-state index >= 15 is 0 Å².